The van der Waals surface area contributed by atoms with Crippen molar-refractivity contribution in [3.63, 3.8) is 0 Å². The molecule has 6 heteroatoms. The number of amides is 2. The van der Waals surface area contributed by atoms with E-state index >= 15 is 0 Å². The van der Waals surface area contributed by atoms with Crippen LogP contribution in [-0.2, 0) is 9.59 Å². The van der Waals surface area contributed by atoms with E-state index in [2.05, 4.69) is 5.32 Å². The van der Waals surface area contributed by atoms with E-state index in [1.165, 1.54) is 6.92 Å². The molecule has 0 radical (unpaired) electrons. The highest BCUT2D eigenvalue weighted by atomic mass is 19.1. The van der Waals surface area contributed by atoms with Gasteiger partial charge in [0.1, 0.15) is 23.2 Å². The molecule has 1 aromatic carbocycles. The van der Waals surface area contributed by atoms with Gasteiger partial charge < -0.3 is 5.32 Å². The van der Waals surface area contributed by atoms with Crippen molar-refractivity contribution in [1.82, 2.24) is 5.32 Å². The van der Waals surface area contributed by atoms with E-state index in [0.717, 1.165) is 17.0 Å². The highest BCUT2D eigenvalue weighted by Gasteiger charge is 2.44. The first kappa shape index (κ1) is 13.5. The van der Waals surface area contributed by atoms with Gasteiger partial charge in [0.25, 0.3) is 5.91 Å². The number of carbonyl (C=O) groups is 2. The Labute approximate surface area is 109 Å². The molecular weight excluding hydrogens is 254 g/mol. The molecule has 1 aromatic rings. The summed E-state index contributed by atoms with van der Waals surface area (Å²) >= 11 is 0. The molecule has 1 heterocycles. The molecule has 0 spiro atoms. The summed E-state index contributed by atoms with van der Waals surface area (Å²) in [5.74, 6) is -2.36. The fourth-order valence-corrected chi connectivity index (χ4v) is 2.08. The van der Waals surface area contributed by atoms with Gasteiger partial charge in [0.15, 0.2) is 0 Å². The summed E-state index contributed by atoms with van der Waals surface area (Å²) in [5.41, 5.74) is -1.07. The van der Waals surface area contributed by atoms with E-state index in [1.807, 2.05) is 0 Å². The van der Waals surface area contributed by atoms with Gasteiger partial charge in [0.2, 0.25) is 5.91 Å². The Balaban J connectivity index is 2.51. The molecule has 1 fully saturated rings. The van der Waals surface area contributed by atoms with Gasteiger partial charge in [-0.25, -0.2) is 8.78 Å². The summed E-state index contributed by atoms with van der Waals surface area (Å²) in [4.78, 5) is 25.2. The summed E-state index contributed by atoms with van der Waals surface area (Å²) in [6, 6.07) is 1.97. The largest absolute Gasteiger partial charge is 0.340 e. The Morgan fingerprint density at radius 3 is 2.21 bits per heavy atom. The van der Waals surface area contributed by atoms with Crippen LogP contribution in [0.2, 0.25) is 0 Å². The number of piperazine rings is 1. The van der Waals surface area contributed by atoms with Crippen LogP contribution < -0.4 is 10.2 Å². The van der Waals surface area contributed by atoms with Crippen molar-refractivity contribution >= 4 is 17.5 Å². The molecule has 1 N–H and O–H groups in total. The lowest BCUT2D eigenvalue weighted by atomic mass is 9.96. The smallest absolute Gasteiger partial charge is 0.252 e. The number of carbonyl (C=O) groups excluding carboxylic acids is 2. The lowest BCUT2D eigenvalue weighted by molar-refractivity contribution is -0.136. The van der Waals surface area contributed by atoms with Crippen LogP contribution >= 0.6 is 0 Å². The molecule has 0 bridgehead atoms. The first-order valence-electron chi connectivity index (χ1n) is 5.84. The maximum atomic E-state index is 13.2. The third-order valence-electron chi connectivity index (χ3n) is 3.08. The van der Waals surface area contributed by atoms with E-state index in [1.54, 1.807) is 13.8 Å². The minimum Gasteiger partial charge on any atom is -0.340 e. The summed E-state index contributed by atoms with van der Waals surface area (Å²) in [6.07, 6.45) is 0. The minimum absolute atomic E-state index is 0.0397. The molecule has 4 nitrogen and oxygen atoms in total. The van der Waals surface area contributed by atoms with E-state index in [0.29, 0.717) is 6.07 Å². The van der Waals surface area contributed by atoms with E-state index < -0.39 is 29.1 Å². The Kier molecular flexibility index (Phi) is 3.04. The monoisotopic (exact) mass is 268 g/mol. The SMILES string of the molecule is CC1C(=O)NC(C)(C)C(=O)N1c1cc(F)cc(F)c1. The second-order valence-electron chi connectivity index (χ2n) is 5.09. The number of halogens is 2. The number of hydrogen-bond donors (Lipinski definition) is 1. The van der Waals surface area contributed by atoms with Crippen LogP contribution in [0.4, 0.5) is 14.5 Å². The van der Waals surface area contributed by atoms with E-state index in [9.17, 15) is 18.4 Å². The molecule has 19 heavy (non-hydrogen) atoms. The van der Waals surface area contributed by atoms with Gasteiger partial charge >= 0.3 is 0 Å². The Hall–Kier alpha value is -1.98. The van der Waals surface area contributed by atoms with Crippen molar-refractivity contribution < 1.29 is 18.4 Å². The van der Waals surface area contributed by atoms with Crippen LogP contribution in [0.15, 0.2) is 18.2 Å². The number of nitrogens with zero attached hydrogens (tertiary/aromatic N) is 1. The van der Waals surface area contributed by atoms with E-state index in [4.69, 9.17) is 0 Å². The molecule has 0 aliphatic carbocycles. The van der Waals surface area contributed by atoms with Gasteiger partial charge in [-0.1, -0.05) is 0 Å². The van der Waals surface area contributed by atoms with Crippen molar-refractivity contribution in [2.24, 2.45) is 0 Å². The zero-order valence-corrected chi connectivity index (χ0v) is 10.8. The van der Waals surface area contributed by atoms with Crippen molar-refractivity contribution in [2.75, 3.05) is 4.90 Å². The summed E-state index contributed by atoms with van der Waals surface area (Å²) in [6.45, 7) is 4.59. The predicted octanol–water partition coefficient (Wildman–Crippen LogP) is 1.59. The second-order valence-corrected chi connectivity index (χ2v) is 5.09. The molecule has 1 atom stereocenters. The van der Waals surface area contributed by atoms with Crippen molar-refractivity contribution in [3.05, 3.63) is 29.8 Å². The van der Waals surface area contributed by atoms with Crippen LogP contribution in [0.1, 0.15) is 20.8 Å². The maximum absolute atomic E-state index is 13.2. The van der Waals surface area contributed by atoms with Gasteiger partial charge in [-0.05, 0) is 32.9 Å². The molecule has 0 aromatic heterocycles. The zero-order chi connectivity index (χ0) is 14.4. The van der Waals surface area contributed by atoms with Gasteiger partial charge in [-0.15, -0.1) is 0 Å². The molecule has 102 valence electrons. The van der Waals surface area contributed by atoms with Gasteiger partial charge in [0, 0.05) is 6.07 Å². The third-order valence-corrected chi connectivity index (χ3v) is 3.08. The standard InChI is InChI=1S/C13H14F2N2O2/c1-7-11(18)16-13(2,3)12(19)17(7)10-5-8(14)4-9(15)6-10/h4-7H,1-3H3,(H,16,18). The molecule has 1 aliphatic rings. The number of rotatable bonds is 1. The van der Waals surface area contributed by atoms with Crippen LogP contribution in [0.25, 0.3) is 0 Å². The number of anilines is 1. The molecule has 1 unspecified atom stereocenters. The molecular formula is C13H14F2N2O2. The molecule has 1 aliphatic heterocycles. The van der Waals surface area contributed by atoms with Crippen molar-refractivity contribution in [2.45, 2.75) is 32.4 Å². The van der Waals surface area contributed by atoms with Crippen LogP contribution in [0.3, 0.4) is 0 Å². The Bertz CT molecular complexity index is 537. The topological polar surface area (TPSA) is 49.4 Å². The summed E-state index contributed by atoms with van der Waals surface area (Å²) in [5, 5.41) is 2.57. The molecule has 2 amide bonds. The quantitative estimate of drug-likeness (QED) is 0.841. The lowest BCUT2D eigenvalue weighted by Gasteiger charge is -2.41. The fourth-order valence-electron chi connectivity index (χ4n) is 2.08. The fraction of sp³-hybridized carbons (Fsp3) is 0.385. The number of hydrogen-bond acceptors (Lipinski definition) is 2. The van der Waals surface area contributed by atoms with Gasteiger partial charge in [0.05, 0.1) is 5.69 Å². The van der Waals surface area contributed by atoms with Gasteiger partial charge in [-0.3, -0.25) is 14.5 Å². The van der Waals surface area contributed by atoms with Crippen LogP contribution in [-0.4, -0.2) is 23.4 Å². The number of nitrogens with one attached hydrogen (secondary N) is 1. The Morgan fingerprint density at radius 2 is 1.68 bits per heavy atom. The predicted molar refractivity (Wildman–Crippen MR) is 65.5 cm³/mol. The summed E-state index contributed by atoms with van der Waals surface area (Å²) in [7, 11) is 0. The second kappa shape index (κ2) is 4.29. The maximum Gasteiger partial charge on any atom is 0.252 e. The molecule has 0 saturated carbocycles. The van der Waals surface area contributed by atoms with Crippen molar-refractivity contribution in [3.8, 4) is 0 Å². The molecule has 2 rings (SSSR count). The normalized spacial score (nSPS) is 22.4. The lowest BCUT2D eigenvalue weighted by Crippen LogP contribution is -2.67. The Morgan fingerprint density at radius 1 is 1.16 bits per heavy atom. The molecule has 1 saturated heterocycles. The highest BCUT2D eigenvalue weighted by molar-refractivity contribution is 6.10. The first-order chi connectivity index (χ1) is 8.72. The number of benzene rings is 1. The third kappa shape index (κ3) is 2.30. The first-order valence-corrected chi connectivity index (χ1v) is 5.84. The highest BCUT2D eigenvalue weighted by Crippen LogP contribution is 2.26. The van der Waals surface area contributed by atoms with Crippen LogP contribution in [0, 0.1) is 11.6 Å². The van der Waals surface area contributed by atoms with Crippen LogP contribution in [0.5, 0.6) is 0 Å². The summed E-state index contributed by atoms with van der Waals surface area (Å²) < 4.78 is 26.5. The average Bonchev–Trinajstić information content (AvgIpc) is 2.25. The van der Waals surface area contributed by atoms with Crippen molar-refractivity contribution in [1.29, 1.82) is 0 Å². The average molecular weight is 268 g/mol. The zero-order valence-electron chi connectivity index (χ0n) is 10.8. The van der Waals surface area contributed by atoms with Gasteiger partial charge in [-0.2, -0.15) is 0 Å². The minimum atomic E-state index is -1.10. The van der Waals surface area contributed by atoms with E-state index in [-0.39, 0.29) is 11.6 Å².